The van der Waals surface area contributed by atoms with E-state index in [1.807, 2.05) is 0 Å². The Morgan fingerprint density at radius 3 is 2.33 bits per heavy atom. The van der Waals surface area contributed by atoms with E-state index in [9.17, 15) is 9.59 Å². The van der Waals surface area contributed by atoms with Gasteiger partial charge in [-0.2, -0.15) is 0 Å². The monoisotopic (exact) mass is 244 g/mol. The van der Waals surface area contributed by atoms with Crippen molar-refractivity contribution in [2.45, 2.75) is 13.3 Å². The molecule has 2 fully saturated rings. The third-order valence-electron chi connectivity index (χ3n) is 4.31. The van der Waals surface area contributed by atoms with E-state index < -0.39 is 0 Å². The van der Waals surface area contributed by atoms with E-state index in [1.54, 1.807) is 13.0 Å². The molecule has 5 nitrogen and oxygen atoms in total. The van der Waals surface area contributed by atoms with Crippen LogP contribution in [-0.2, 0) is 9.59 Å². The number of imide groups is 1. The molecule has 4 rings (SSSR count). The summed E-state index contributed by atoms with van der Waals surface area (Å²) in [5.74, 6) is 0.809. The van der Waals surface area contributed by atoms with Gasteiger partial charge >= 0.3 is 0 Å². The van der Waals surface area contributed by atoms with Gasteiger partial charge in [0, 0.05) is 6.07 Å². The molecule has 18 heavy (non-hydrogen) atoms. The molecule has 0 radical (unpaired) electrons. The van der Waals surface area contributed by atoms with Gasteiger partial charge in [-0.05, 0) is 25.2 Å². The quantitative estimate of drug-likeness (QED) is 0.551. The molecule has 1 saturated carbocycles. The lowest BCUT2D eigenvalue weighted by Crippen LogP contribution is -2.33. The molecule has 0 aromatic carbocycles. The molecular weight excluding hydrogens is 232 g/mol. The summed E-state index contributed by atoms with van der Waals surface area (Å²) in [4.78, 5) is 26.0. The van der Waals surface area contributed by atoms with Crippen LogP contribution in [0.1, 0.15) is 12.2 Å². The SMILES string of the molecule is Cc1cc(N2C(=O)[C@@H]3[C@H](C2=O)[C@H]2C=C[C@H]3C2)no1. The number of fused-ring (bicyclic) bond motifs is 5. The fraction of sp³-hybridized carbons (Fsp3) is 0.462. The van der Waals surface area contributed by atoms with E-state index in [1.165, 1.54) is 4.90 Å². The predicted octanol–water partition coefficient (Wildman–Crippen LogP) is 1.29. The first-order chi connectivity index (χ1) is 8.66. The summed E-state index contributed by atoms with van der Waals surface area (Å²) in [6.07, 6.45) is 5.10. The maximum atomic E-state index is 12.4. The number of nitrogens with zero attached hydrogens (tertiary/aromatic N) is 2. The van der Waals surface area contributed by atoms with Crippen molar-refractivity contribution in [2.75, 3.05) is 4.90 Å². The van der Waals surface area contributed by atoms with Crippen LogP contribution in [0.15, 0.2) is 22.7 Å². The molecule has 1 saturated heterocycles. The fourth-order valence-corrected chi connectivity index (χ4v) is 3.59. The van der Waals surface area contributed by atoms with Crippen LogP contribution >= 0.6 is 0 Å². The zero-order valence-corrected chi connectivity index (χ0v) is 9.87. The number of anilines is 1. The number of allylic oxidation sites excluding steroid dienone is 2. The minimum atomic E-state index is -0.176. The van der Waals surface area contributed by atoms with Gasteiger partial charge in [0.05, 0.1) is 11.8 Å². The van der Waals surface area contributed by atoms with Crippen molar-refractivity contribution in [3.8, 4) is 0 Å². The lowest BCUT2D eigenvalue weighted by atomic mass is 9.85. The Bertz CT molecular complexity index is 559. The Kier molecular flexibility index (Phi) is 1.73. The van der Waals surface area contributed by atoms with Gasteiger partial charge < -0.3 is 4.52 Å². The number of rotatable bonds is 1. The average molecular weight is 244 g/mol. The number of carbonyl (C=O) groups excluding carboxylic acids is 2. The van der Waals surface area contributed by atoms with Crippen molar-refractivity contribution in [1.29, 1.82) is 0 Å². The number of aryl methyl sites for hydroxylation is 1. The lowest BCUT2D eigenvalue weighted by molar-refractivity contribution is -0.123. The van der Waals surface area contributed by atoms with Crippen LogP contribution in [0.25, 0.3) is 0 Å². The molecule has 3 aliphatic rings. The maximum absolute atomic E-state index is 12.4. The van der Waals surface area contributed by atoms with Crippen molar-refractivity contribution in [3.05, 3.63) is 24.0 Å². The summed E-state index contributed by atoms with van der Waals surface area (Å²) in [6.45, 7) is 1.74. The first-order valence-corrected chi connectivity index (χ1v) is 6.16. The standard InChI is InChI=1S/C13H12N2O3/c1-6-4-9(14-18-6)15-12(16)10-7-2-3-8(5-7)11(10)13(15)17/h2-4,7-8,10-11H,5H2,1H3/t7-,8-,10-,11+/m0/s1. The molecule has 92 valence electrons. The summed E-state index contributed by atoms with van der Waals surface area (Å²) in [5.41, 5.74) is 0. The van der Waals surface area contributed by atoms with Gasteiger partial charge in [-0.15, -0.1) is 0 Å². The van der Waals surface area contributed by atoms with Gasteiger partial charge in [0.1, 0.15) is 5.76 Å². The van der Waals surface area contributed by atoms with Crippen LogP contribution in [-0.4, -0.2) is 17.0 Å². The first-order valence-electron chi connectivity index (χ1n) is 6.16. The van der Waals surface area contributed by atoms with Crippen molar-refractivity contribution >= 4 is 17.6 Å². The molecule has 2 amide bonds. The van der Waals surface area contributed by atoms with Crippen LogP contribution in [0.3, 0.4) is 0 Å². The maximum Gasteiger partial charge on any atom is 0.239 e. The largest absolute Gasteiger partial charge is 0.360 e. The Hall–Kier alpha value is -1.91. The number of carbonyl (C=O) groups is 2. The summed E-state index contributed by atoms with van der Waals surface area (Å²) in [6, 6.07) is 1.63. The highest BCUT2D eigenvalue weighted by Gasteiger charge is 2.60. The predicted molar refractivity (Wildman–Crippen MR) is 61.5 cm³/mol. The molecular formula is C13H12N2O3. The Morgan fingerprint density at radius 2 is 1.83 bits per heavy atom. The van der Waals surface area contributed by atoms with Crippen LogP contribution in [0.2, 0.25) is 0 Å². The highest BCUT2D eigenvalue weighted by atomic mass is 16.5. The van der Waals surface area contributed by atoms with E-state index in [4.69, 9.17) is 4.52 Å². The van der Waals surface area contributed by atoms with Gasteiger partial charge in [-0.25, -0.2) is 4.90 Å². The van der Waals surface area contributed by atoms with E-state index in [-0.39, 0.29) is 35.5 Å². The van der Waals surface area contributed by atoms with Crippen molar-refractivity contribution in [2.24, 2.45) is 23.7 Å². The highest BCUT2D eigenvalue weighted by Crippen LogP contribution is 2.53. The average Bonchev–Trinajstić information content (AvgIpc) is 3.05. The third-order valence-corrected chi connectivity index (χ3v) is 4.31. The first kappa shape index (κ1) is 10.1. The van der Waals surface area contributed by atoms with Crippen LogP contribution < -0.4 is 4.90 Å². The second kappa shape index (κ2) is 3.10. The van der Waals surface area contributed by atoms with E-state index in [0.717, 1.165) is 6.42 Å². The number of aromatic nitrogens is 1. The topological polar surface area (TPSA) is 63.4 Å². The molecule has 1 aliphatic heterocycles. The number of hydrogen-bond acceptors (Lipinski definition) is 4. The highest BCUT2D eigenvalue weighted by molar-refractivity contribution is 6.22. The molecule has 0 N–H and O–H groups in total. The van der Waals surface area contributed by atoms with E-state index in [0.29, 0.717) is 11.6 Å². The van der Waals surface area contributed by atoms with Crippen LogP contribution in [0.5, 0.6) is 0 Å². The van der Waals surface area contributed by atoms with Gasteiger partial charge in [0.2, 0.25) is 11.8 Å². The molecule has 0 unspecified atom stereocenters. The summed E-state index contributed by atoms with van der Waals surface area (Å²) in [5, 5.41) is 3.79. The zero-order valence-electron chi connectivity index (χ0n) is 9.87. The van der Waals surface area contributed by atoms with Crippen molar-refractivity contribution in [1.82, 2.24) is 5.16 Å². The molecule has 5 heteroatoms. The molecule has 2 heterocycles. The van der Waals surface area contributed by atoms with Gasteiger partial charge in [0.25, 0.3) is 0 Å². The smallest absolute Gasteiger partial charge is 0.239 e. The summed E-state index contributed by atoms with van der Waals surface area (Å²) < 4.78 is 4.95. The van der Waals surface area contributed by atoms with Gasteiger partial charge in [0.15, 0.2) is 5.82 Å². The molecule has 2 bridgehead atoms. The molecule has 0 spiro atoms. The molecule has 2 aliphatic carbocycles. The zero-order chi connectivity index (χ0) is 12.4. The minimum absolute atomic E-state index is 0.116. The van der Waals surface area contributed by atoms with Crippen LogP contribution in [0.4, 0.5) is 5.82 Å². The second-order valence-corrected chi connectivity index (χ2v) is 5.31. The van der Waals surface area contributed by atoms with E-state index in [2.05, 4.69) is 17.3 Å². The lowest BCUT2D eigenvalue weighted by Gasteiger charge is -2.14. The summed E-state index contributed by atoms with van der Waals surface area (Å²) in [7, 11) is 0. The van der Waals surface area contributed by atoms with Gasteiger partial charge in [-0.3, -0.25) is 9.59 Å². The number of amides is 2. The molecule has 4 atom stereocenters. The van der Waals surface area contributed by atoms with Crippen molar-refractivity contribution < 1.29 is 14.1 Å². The second-order valence-electron chi connectivity index (χ2n) is 5.31. The Balaban J connectivity index is 1.76. The van der Waals surface area contributed by atoms with Crippen molar-refractivity contribution in [3.63, 3.8) is 0 Å². The van der Waals surface area contributed by atoms with Gasteiger partial charge in [-0.1, -0.05) is 17.3 Å². The van der Waals surface area contributed by atoms with Crippen LogP contribution in [0, 0.1) is 30.6 Å². The normalized spacial score (nSPS) is 36.8. The third kappa shape index (κ3) is 1.04. The van der Waals surface area contributed by atoms with E-state index >= 15 is 0 Å². The molecule has 1 aromatic rings. The molecule has 1 aromatic heterocycles. The summed E-state index contributed by atoms with van der Waals surface area (Å²) >= 11 is 0. The number of hydrogen-bond donors (Lipinski definition) is 0. The minimum Gasteiger partial charge on any atom is -0.360 e. The fourth-order valence-electron chi connectivity index (χ4n) is 3.59. The Labute approximate surface area is 103 Å². The Morgan fingerprint density at radius 1 is 1.22 bits per heavy atom.